The van der Waals surface area contributed by atoms with E-state index in [2.05, 4.69) is 22.2 Å². The molecule has 0 radical (unpaired) electrons. The van der Waals surface area contributed by atoms with Crippen LogP contribution in [-0.2, 0) is 6.54 Å². The zero-order valence-corrected chi connectivity index (χ0v) is 11.3. The average Bonchev–Trinajstić information content (AvgIpc) is 2.58. The van der Waals surface area contributed by atoms with Gasteiger partial charge in [0.15, 0.2) is 0 Å². The molecule has 0 aliphatic carbocycles. The highest BCUT2D eigenvalue weighted by Crippen LogP contribution is 2.16. The van der Waals surface area contributed by atoms with Crippen molar-refractivity contribution in [3.05, 3.63) is 16.6 Å². The predicted octanol–water partition coefficient (Wildman–Crippen LogP) is 2.14. The molecule has 1 aliphatic heterocycles. The second kappa shape index (κ2) is 7.22. The molecular formula is C11H20ClN3S. The topological polar surface area (TPSA) is 28.2 Å². The fourth-order valence-corrected chi connectivity index (χ4v) is 2.79. The van der Waals surface area contributed by atoms with Gasteiger partial charge in [-0.3, -0.25) is 9.88 Å². The Hall–Kier alpha value is -0.160. The lowest BCUT2D eigenvalue weighted by Gasteiger charge is -2.26. The summed E-state index contributed by atoms with van der Waals surface area (Å²) in [6.07, 6.45) is 5.88. The van der Waals surface area contributed by atoms with Gasteiger partial charge in [0.25, 0.3) is 0 Å². The fraction of sp³-hybridized carbons (Fsp3) is 0.727. The van der Waals surface area contributed by atoms with Crippen molar-refractivity contribution < 1.29 is 0 Å². The van der Waals surface area contributed by atoms with Crippen molar-refractivity contribution in [2.24, 2.45) is 0 Å². The summed E-state index contributed by atoms with van der Waals surface area (Å²) in [4.78, 5) is 7.96. The normalized spacial score (nSPS) is 21.5. The van der Waals surface area contributed by atoms with Crippen LogP contribution in [0.3, 0.4) is 0 Å². The van der Waals surface area contributed by atoms with Crippen molar-refractivity contribution in [2.45, 2.75) is 31.8 Å². The van der Waals surface area contributed by atoms with Crippen molar-refractivity contribution in [3.8, 4) is 0 Å². The second-order valence-corrected chi connectivity index (χ2v) is 5.19. The molecule has 2 rings (SSSR count). The Morgan fingerprint density at radius 3 is 3.12 bits per heavy atom. The molecule has 0 aromatic carbocycles. The summed E-state index contributed by atoms with van der Waals surface area (Å²) in [5, 5.41) is 3.45. The van der Waals surface area contributed by atoms with Gasteiger partial charge in [0.1, 0.15) is 0 Å². The predicted molar refractivity (Wildman–Crippen MR) is 71.3 cm³/mol. The number of aromatic nitrogens is 1. The van der Waals surface area contributed by atoms with E-state index in [0.717, 1.165) is 19.1 Å². The average molecular weight is 262 g/mol. The molecule has 3 nitrogen and oxygen atoms in total. The van der Waals surface area contributed by atoms with E-state index >= 15 is 0 Å². The zero-order valence-electron chi connectivity index (χ0n) is 9.69. The first-order valence-electron chi connectivity index (χ1n) is 5.64. The molecule has 2 heterocycles. The first kappa shape index (κ1) is 13.9. The van der Waals surface area contributed by atoms with Gasteiger partial charge in [0, 0.05) is 23.7 Å². The standard InChI is InChI=1S/C11H19N3S.ClH/c1-14(8-11-7-13-9-15-11)10-3-2-5-12-6-4-10;/h7,9-10,12H,2-6,8H2,1H3;1H. The third-order valence-corrected chi connectivity index (χ3v) is 3.82. The minimum atomic E-state index is 0. The maximum atomic E-state index is 4.12. The Bertz CT molecular complexity index is 271. The van der Waals surface area contributed by atoms with Crippen molar-refractivity contribution in [2.75, 3.05) is 20.1 Å². The maximum Gasteiger partial charge on any atom is 0.0794 e. The van der Waals surface area contributed by atoms with E-state index < -0.39 is 0 Å². The van der Waals surface area contributed by atoms with Gasteiger partial charge in [-0.25, -0.2) is 0 Å². The minimum absolute atomic E-state index is 0. The Morgan fingerprint density at radius 1 is 1.50 bits per heavy atom. The van der Waals surface area contributed by atoms with E-state index in [4.69, 9.17) is 0 Å². The highest BCUT2D eigenvalue weighted by molar-refractivity contribution is 7.09. The quantitative estimate of drug-likeness (QED) is 0.904. The Labute approximate surface area is 108 Å². The minimum Gasteiger partial charge on any atom is -0.317 e. The SMILES string of the molecule is CN(Cc1cncs1)C1CCCNCC1.Cl. The van der Waals surface area contributed by atoms with Crippen molar-refractivity contribution in [1.82, 2.24) is 15.2 Å². The highest BCUT2D eigenvalue weighted by Gasteiger charge is 2.16. The van der Waals surface area contributed by atoms with Crippen molar-refractivity contribution in [1.29, 1.82) is 0 Å². The number of hydrogen-bond acceptors (Lipinski definition) is 4. The molecule has 1 aromatic heterocycles. The molecule has 1 aliphatic rings. The van der Waals surface area contributed by atoms with Crippen LogP contribution < -0.4 is 5.32 Å². The summed E-state index contributed by atoms with van der Waals surface area (Å²) < 4.78 is 0. The van der Waals surface area contributed by atoms with Gasteiger partial charge < -0.3 is 5.32 Å². The van der Waals surface area contributed by atoms with Crippen LogP contribution >= 0.6 is 23.7 Å². The smallest absolute Gasteiger partial charge is 0.0794 e. The van der Waals surface area contributed by atoms with Gasteiger partial charge in [-0.1, -0.05) is 0 Å². The third kappa shape index (κ3) is 4.01. The van der Waals surface area contributed by atoms with Crippen LogP contribution in [0, 0.1) is 0 Å². The number of nitrogens with one attached hydrogen (secondary N) is 1. The first-order valence-corrected chi connectivity index (χ1v) is 6.52. The van der Waals surface area contributed by atoms with Gasteiger partial charge in [-0.15, -0.1) is 23.7 Å². The third-order valence-electron chi connectivity index (χ3n) is 3.06. The van der Waals surface area contributed by atoms with Crippen LogP contribution in [0.2, 0.25) is 0 Å². The largest absolute Gasteiger partial charge is 0.317 e. The van der Waals surface area contributed by atoms with Crippen LogP contribution in [0.4, 0.5) is 0 Å². The van der Waals surface area contributed by atoms with E-state index in [1.165, 1.54) is 30.7 Å². The Morgan fingerprint density at radius 2 is 2.38 bits per heavy atom. The molecular weight excluding hydrogens is 242 g/mol. The molecule has 92 valence electrons. The summed E-state index contributed by atoms with van der Waals surface area (Å²) in [7, 11) is 2.23. The number of hydrogen-bond donors (Lipinski definition) is 1. The van der Waals surface area contributed by atoms with E-state index in [0.29, 0.717) is 0 Å². The van der Waals surface area contributed by atoms with E-state index in [-0.39, 0.29) is 12.4 Å². The lowest BCUT2D eigenvalue weighted by Crippen LogP contribution is -2.31. The molecule has 1 saturated heterocycles. The van der Waals surface area contributed by atoms with Crippen LogP contribution in [0.5, 0.6) is 0 Å². The van der Waals surface area contributed by atoms with Crippen molar-refractivity contribution in [3.63, 3.8) is 0 Å². The lowest BCUT2D eigenvalue weighted by atomic mass is 10.1. The monoisotopic (exact) mass is 261 g/mol. The molecule has 5 heteroatoms. The van der Waals surface area contributed by atoms with Gasteiger partial charge in [-0.2, -0.15) is 0 Å². The number of halogens is 1. The first-order chi connectivity index (χ1) is 7.36. The molecule has 1 atom stereocenters. The summed E-state index contributed by atoms with van der Waals surface area (Å²) in [6, 6.07) is 0.738. The number of nitrogens with zero attached hydrogens (tertiary/aromatic N) is 2. The molecule has 1 unspecified atom stereocenters. The molecule has 0 bridgehead atoms. The molecule has 0 spiro atoms. The lowest BCUT2D eigenvalue weighted by molar-refractivity contribution is 0.218. The van der Waals surface area contributed by atoms with E-state index in [1.54, 1.807) is 11.3 Å². The maximum absolute atomic E-state index is 4.12. The van der Waals surface area contributed by atoms with E-state index in [1.807, 2.05) is 11.7 Å². The van der Waals surface area contributed by atoms with E-state index in [9.17, 15) is 0 Å². The summed E-state index contributed by atoms with van der Waals surface area (Å²) in [6.45, 7) is 3.40. The molecule has 1 N–H and O–H groups in total. The second-order valence-electron chi connectivity index (χ2n) is 4.22. The number of rotatable bonds is 3. The summed E-state index contributed by atoms with van der Waals surface area (Å²) in [5.74, 6) is 0. The van der Waals surface area contributed by atoms with Gasteiger partial charge in [0.2, 0.25) is 0 Å². The number of thiazole rings is 1. The van der Waals surface area contributed by atoms with Gasteiger partial charge >= 0.3 is 0 Å². The fourth-order valence-electron chi connectivity index (χ4n) is 2.14. The highest BCUT2D eigenvalue weighted by atomic mass is 35.5. The van der Waals surface area contributed by atoms with Gasteiger partial charge in [0.05, 0.1) is 5.51 Å². The van der Waals surface area contributed by atoms with Crippen LogP contribution in [0.15, 0.2) is 11.7 Å². The van der Waals surface area contributed by atoms with Crippen LogP contribution in [0.1, 0.15) is 24.1 Å². The Balaban J connectivity index is 0.00000128. The zero-order chi connectivity index (χ0) is 10.5. The molecule has 1 aromatic rings. The molecule has 1 fully saturated rings. The van der Waals surface area contributed by atoms with Crippen LogP contribution in [0.25, 0.3) is 0 Å². The summed E-state index contributed by atoms with van der Waals surface area (Å²) >= 11 is 1.75. The molecule has 0 saturated carbocycles. The van der Waals surface area contributed by atoms with Crippen LogP contribution in [-0.4, -0.2) is 36.1 Å². The molecule has 0 amide bonds. The summed E-state index contributed by atoms with van der Waals surface area (Å²) in [5.41, 5.74) is 1.91. The molecule has 16 heavy (non-hydrogen) atoms. The van der Waals surface area contributed by atoms with Crippen molar-refractivity contribution >= 4 is 23.7 Å². The Kier molecular flexibility index (Phi) is 6.28. The van der Waals surface area contributed by atoms with Gasteiger partial charge in [-0.05, 0) is 39.4 Å².